The summed E-state index contributed by atoms with van der Waals surface area (Å²) in [5.74, 6) is -0.441. The lowest BCUT2D eigenvalue weighted by molar-refractivity contribution is -0.122. The van der Waals surface area contributed by atoms with Crippen LogP contribution < -0.4 is 16.0 Å². The minimum Gasteiger partial charge on any atom is -0.352 e. The minimum absolute atomic E-state index is 0.0661. The van der Waals surface area contributed by atoms with E-state index in [2.05, 4.69) is 27.9 Å². The normalized spacial score (nSPS) is 19.6. The maximum Gasteiger partial charge on any atom is 0.242 e. The summed E-state index contributed by atoms with van der Waals surface area (Å²) < 4.78 is 29.5. The van der Waals surface area contributed by atoms with Crippen molar-refractivity contribution >= 4 is 17.6 Å². The highest BCUT2D eigenvalue weighted by atomic mass is 19.1. The van der Waals surface area contributed by atoms with E-state index in [1.807, 2.05) is 6.92 Å². The van der Waals surface area contributed by atoms with Crippen molar-refractivity contribution in [3.8, 4) is 0 Å². The monoisotopic (exact) mass is 515 g/mol. The molecule has 0 radical (unpaired) electrons. The summed E-state index contributed by atoms with van der Waals surface area (Å²) in [6.07, 6.45) is 12.4. The molecule has 2 aliphatic carbocycles. The number of nitrogens with zero attached hydrogens (tertiary/aromatic N) is 2. The molecule has 1 heterocycles. The van der Waals surface area contributed by atoms with Crippen LogP contribution in [0.5, 0.6) is 0 Å². The molecule has 0 spiro atoms. The van der Waals surface area contributed by atoms with Crippen LogP contribution in [0.25, 0.3) is 0 Å². The summed E-state index contributed by atoms with van der Waals surface area (Å²) in [5.41, 5.74) is 1.23. The van der Waals surface area contributed by atoms with E-state index in [9.17, 15) is 18.4 Å². The standard InChI is InChI=1S/C28H39F2N5O2/c1-3-7-25(33-22-11-10-20-12-21(29)13-24(30)23(20)14-22)28(37)34-26-15-35(17-31-26)16-27(36)32-18(2)19-8-5-4-6-9-19/h12-13,15,17-19,22,25,33H,3-11,14,16H2,1-2H3,(H,32,36)(H,34,37)/t18-,22+,25+/m1/s1. The topological polar surface area (TPSA) is 88.0 Å². The fourth-order valence-electron chi connectivity index (χ4n) is 5.73. The molecule has 1 saturated carbocycles. The number of amides is 2. The number of hydrogen-bond donors (Lipinski definition) is 3. The van der Waals surface area contributed by atoms with Gasteiger partial charge in [-0.1, -0.05) is 32.6 Å². The van der Waals surface area contributed by atoms with Gasteiger partial charge < -0.3 is 20.5 Å². The van der Waals surface area contributed by atoms with Crippen LogP contribution in [-0.4, -0.2) is 39.5 Å². The number of imidazole rings is 1. The molecule has 2 aliphatic rings. The molecule has 7 nitrogen and oxygen atoms in total. The van der Waals surface area contributed by atoms with E-state index in [0.717, 1.165) is 25.3 Å². The van der Waals surface area contributed by atoms with Gasteiger partial charge in [0, 0.05) is 24.3 Å². The van der Waals surface area contributed by atoms with Crippen LogP contribution in [0.15, 0.2) is 24.7 Å². The highest BCUT2D eigenvalue weighted by Crippen LogP contribution is 2.27. The summed E-state index contributed by atoms with van der Waals surface area (Å²) in [5, 5.41) is 9.34. The number of aryl methyl sites for hydroxylation is 1. The van der Waals surface area contributed by atoms with Gasteiger partial charge in [0.15, 0.2) is 5.82 Å². The van der Waals surface area contributed by atoms with Crippen molar-refractivity contribution in [3.05, 3.63) is 47.4 Å². The van der Waals surface area contributed by atoms with E-state index in [1.165, 1.54) is 25.3 Å². The predicted molar refractivity (Wildman–Crippen MR) is 139 cm³/mol. The van der Waals surface area contributed by atoms with Gasteiger partial charge in [0.2, 0.25) is 11.8 Å². The van der Waals surface area contributed by atoms with E-state index in [4.69, 9.17) is 0 Å². The van der Waals surface area contributed by atoms with E-state index in [1.54, 1.807) is 17.1 Å². The van der Waals surface area contributed by atoms with E-state index in [0.29, 0.717) is 48.5 Å². The number of benzene rings is 1. The van der Waals surface area contributed by atoms with Gasteiger partial charge in [-0.25, -0.2) is 13.8 Å². The van der Waals surface area contributed by atoms with Gasteiger partial charge in [-0.15, -0.1) is 0 Å². The third kappa shape index (κ3) is 7.37. The van der Waals surface area contributed by atoms with Crippen molar-refractivity contribution in [2.45, 2.75) is 103 Å². The first-order valence-corrected chi connectivity index (χ1v) is 13.7. The van der Waals surface area contributed by atoms with Crippen molar-refractivity contribution in [1.82, 2.24) is 20.2 Å². The molecule has 2 amide bonds. The molecule has 2 aromatic rings. The van der Waals surface area contributed by atoms with Gasteiger partial charge in [0.05, 0.1) is 12.4 Å². The summed E-state index contributed by atoms with van der Waals surface area (Å²) >= 11 is 0. The number of rotatable bonds is 10. The summed E-state index contributed by atoms with van der Waals surface area (Å²) in [7, 11) is 0. The number of hydrogen-bond acceptors (Lipinski definition) is 4. The lowest BCUT2D eigenvalue weighted by Gasteiger charge is -2.29. The molecule has 202 valence electrons. The predicted octanol–water partition coefficient (Wildman–Crippen LogP) is 4.50. The average Bonchev–Trinajstić information content (AvgIpc) is 3.30. The number of carbonyl (C=O) groups is 2. The molecule has 0 unspecified atom stereocenters. The Morgan fingerprint density at radius 1 is 1.16 bits per heavy atom. The zero-order valence-corrected chi connectivity index (χ0v) is 21.9. The van der Waals surface area contributed by atoms with Crippen molar-refractivity contribution in [1.29, 1.82) is 0 Å². The highest BCUT2D eigenvalue weighted by Gasteiger charge is 2.27. The largest absolute Gasteiger partial charge is 0.352 e. The highest BCUT2D eigenvalue weighted by molar-refractivity contribution is 5.94. The molecule has 37 heavy (non-hydrogen) atoms. The zero-order chi connectivity index (χ0) is 26.4. The molecule has 1 aromatic carbocycles. The van der Waals surface area contributed by atoms with Crippen molar-refractivity contribution in [3.63, 3.8) is 0 Å². The second-order valence-corrected chi connectivity index (χ2v) is 10.6. The Morgan fingerprint density at radius 2 is 1.95 bits per heavy atom. The first kappa shape index (κ1) is 27.2. The van der Waals surface area contributed by atoms with E-state index >= 15 is 0 Å². The molecular weight excluding hydrogens is 476 g/mol. The zero-order valence-electron chi connectivity index (χ0n) is 21.9. The number of nitrogens with one attached hydrogen (secondary N) is 3. The number of fused-ring (bicyclic) bond motifs is 1. The molecule has 3 N–H and O–H groups in total. The smallest absolute Gasteiger partial charge is 0.242 e. The van der Waals surface area contributed by atoms with E-state index in [-0.39, 0.29) is 30.4 Å². The minimum atomic E-state index is -0.554. The Balaban J connectivity index is 1.29. The Morgan fingerprint density at radius 3 is 2.70 bits per heavy atom. The Bertz CT molecular complexity index is 1080. The summed E-state index contributed by atoms with van der Waals surface area (Å²) in [6, 6.07) is 1.92. The molecule has 4 rings (SSSR count). The Hall–Kier alpha value is -2.81. The average molecular weight is 516 g/mol. The van der Waals surface area contributed by atoms with Crippen molar-refractivity contribution < 1.29 is 18.4 Å². The number of aromatic nitrogens is 2. The van der Waals surface area contributed by atoms with E-state index < -0.39 is 17.7 Å². The fraction of sp³-hybridized carbons (Fsp3) is 0.607. The van der Waals surface area contributed by atoms with Gasteiger partial charge in [-0.2, -0.15) is 0 Å². The molecule has 3 atom stereocenters. The first-order valence-electron chi connectivity index (χ1n) is 13.7. The maximum atomic E-state index is 14.3. The second-order valence-electron chi connectivity index (χ2n) is 10.6. The van der Waals surface area contributed by atoms with Gasteiger partial charge in [0.25, 0.3) is 0 Å². The summed E-state index contributed by atoms with van der Waals surface area (Å²) in [6.45, 7) is 4.22. The molecule has 9 heteroatoms. The van der Waals surface area contributed by atoms with Crippen LogP contribution in [0.2, 0.25) is 0 Å². The van der Waals surface area contributed by atoms with Crippen LogP contribution in [0, 0.1) is 17.6 Å². The van der Waals surface area contributed by atoms with Crippen LogP contribution in [-0.2, 0) is 29.0 Å². The third-order valence-electron chi connectivity index (χ3n) is 7.75. The number of halogens is 2. The van der Waals surface area contributed by atoms with Gasteiger partial charge in [-0.05, 0) is 68.6 Å². The molecular formula is C28H39F2N5O2. The quantitative estimate of drug-likeness (QED) is 0.435. The van der Waals surface area contributed by atoms with Crippen LogP contribution in [0.4, 0.5) is 14.6 Å². The lowest BCUT2D eigenvalue weighted by atomic mass is 9.84. The van der Waals surface area contributed by atoms with Crippen molar-refractivity contribution in [2.24, 2.45) is 5.92 Å². The van der Waals surface area contributed by atoms with Gasteiger partial charge in [-0.3, -0.25) is 9.59 Å². The molecule has 0 saturated heterocycles. The van der Waals surface area contributed by atoms with Crippen LogP contribution >= 0.6 is 0 Å². The van der Waals surface area contributed by atoms with Gasteiger partial charge in [0.1, 0.15) is 18.2 Å². The lowest BCUT2D eigenvalue weighted by Crippen LogP contribution is -2.48. The third-order valence-corrected chi connectivity index (χ3v) is 7.75. The second kappa shape index (κ2) is 12.6. The molecule has 1 aromatic heterocycles. The van der Waals surface area contributed by atoms with Crippen LogP contribution in [0.3, 0.4) is 0 Å². The Labute approximate surface area is 217 Å². The Kier molecular flexibility index (Phi) is 9.29. The maximum absolute atomic E-state index is 14.3. The first-order chi connectivity index (χ1) is 17.8. The van der Waals surface area contributed by atoms with Gasteiger partial charge >= 0.3 is 0 Å². The molecule has 1 fully saturated rings. The van der Waals surface area contributed by atoms with Crippen LogP contribution in [0.1, 0.15) is 76.3 Å². The molecule has 0 bridgehead atoms. The number of carbonyl (C=O) groups excluding carboxylic acids is 2. The number of anilines is 1. The van der Waals surface area contributed by atoms with Crippen molar-refractivity contribution in [2.75, 3.05) is 5.32 Å². The molecule has 0 aliphatic heterocycles. The fourth-order valence-corrected chi connectivity index (χ4v) is 5.73. The SMILES string of the molecule is CCC[C@H](N[C@H]1CCc2cc(F)cc(F)c2C1)C(=O)Nc1cn(CC(=O)N[C@H](C)C2CCCCC2)cn1. The summed E-state index contributed by atoms with van der Waals surface area (Å²) in [4.78, 5) is 29.9.